The third kappa shape index (κ3) is 3.56. The Morgan fingerprint density at radius 2 is 2.33 bits per heavy atom. The Kier molecular flexibility index (Phi) is 4.87. The Morgan fingerprint density at radius 1 is 1.57 bits per heavy atom. The number of amides is 1. The van der Waals surface area contributed by atoms with Crippen molar-refractivity contribution in [1.82, 2.24) is 10.3 Å². The predicted molar refractivity (Wildman–Crippen MR) is 80.8 cm³/mol. The molecule has 0 saturated heterocycles. The summed E-state index contributed by atoms with van der Waals surface area (Å²) < 4.78 is 0. The van der Waals surface area contributed by atoms with Crippen molar-refractivity contribution < 1.29 is 9.72 Å². The van der Waals surface area contributed by atoms with Gasteiger partial charge in [0.15, 0.2) is 0 Å². The molecular formula is C13H12ClN3O3S. The number of nitrogens with one attached hydrogen (secondary N) is 1. The lowest BCUT2D eigenvalue weighted by Crippen LogP contribution is -2.23. The lowest BCUT2D eigenvalue weighted by atomic mass is 10.2. The van der Waals surface area contributed by atoms with Crippen molar-refractivity contribution in [3.8, 4) is 0 Å². The maximum absolute atomic E-state index is 12.1. The fourth-order valence-corrected chi connectivity index (χ4v) is 2.89. The molecule has 6 nitrogen and oxygen atoms in total. The van der Waals surface area contributed by atoms with Gasteiger partial charge in [0.1, 0.15) is 11.3 Å². The number of carbonyl (C=O) groups excluding carboxylic acids is 1. The highest BCUT2D eigenvalue weighted by Crippen LogP contribution is 2.20. The second-order valence-electron chi connectivity index (χ2n) is 4.19. The van der Waals surface area contributed by atoms with Crippen LogP contribution in [0.3, 0.4) is 0 Å². The Balaban J connectivity index is 2.13. The number of carbonyl (C=O) groups is 1. The van der Waals surface area contributed by atoms with Gasteiger partial charge in [-0.15, -0.1) is 11.3 Å². The maximum atomic E-state index is 12.1. The average molecular weight is 326 g/mol. The molecule has 1 amide bonds. The number of halogens is 1. The summed E-state index contributed by atoms with van der Waals surface area (Å²) in [5, 5.41) is 15.3. The quantitative estimate of drug-likeness (QED) is 0.519. The zero-order chi connectivity index (χ0) is 15.4. The maximum Gasteiger partial charge on any atom is 0.288 e. The average Bonchev–Trinajstić information content (AvgIpc) is 2.92. The number of nitrogens with zero attached hydrogens (tertiary/aromatic N) is 2. The van der Waals surface area contributed by atoms with E-state index < -0.39 is 10.8 Å². The number of rotatable bonds is 5. The molecule has 2 aromatic heterocycles. The van der Waals surface area contributed by atoms with Crippen LogP contribution in [0.25, 0.3) is 0 Å². The van der Waals surface area contributed by atoms with E-state index in [2.05, 4.69) is 10.3 Å². The van der Waals surface area contributed by atoms with Crippen LogP contribution in [0.1, 0.15) is 27.7 Å². The van der Waals surface area contributed by atoms with E-state index in [0.29, 0.717) is 6.54 Å². The van der Waals surface area contributed by atoms with Gasteiger partial charge in [0.25, 0.3) is 11.6 Å². The first-order valence-corrected chi connectivity index (χ1v) is 7.42. The summed E-state index contributed by atoms with van der Waals surface area (Å²) in [6.45, 7) is 2.40. The van der Waals surface area contributed by atoms with Crippen LogP contribution < -0.4 is 5.32 Å². The molecule has 0 atom stereocenters. The zero-order valence-electron chi connectivity index (χ0n) is 11.1. The molecule has 8 heteroatoms. The molecule has 2 heterocycles. The number of hydrogen-bond donors (Lipinski definition) is 1. The standard InChI is InChI=1S/C13H12ClN3O3S/c1-2-8-3-4-21-11(8)7-16-13(18)10-5-9(17(19)20)6-15-12(10)14/h3-6H,2,7H2,1H3,(H,16,18). The van der Waals surface area contributed by atoms with Crippen LogP contribution in [0, 0.1) is 10.1 Å². The van der Waals surface area contributed by atoms with Crippen molar-refractivity contribution in [3.05, 3.63) is 55.0 Å². The van der Waals surface area contributed by atoms with E-state index >= 15 is 0 Å². The Morgan fingerprint density at radius 3 is 3.00 bits per heavy atom. The second kappa shape index (κ2) is 6.64. The number of pyridine rings is 1. The summed E-state index contributed by atoms with van der Waals surface area (Å²) in [6, 6.07) is 3.13. The van der Waals surface area contributed by atoms with Crippen LogP contribution in [-0.2, 0) is 13.0 Å². The minimum atomic E-state index is -0.617. The molecule has 0 aliphatic rings. The third-order valence-electron chi connectivity index (χ3n) is 2.91. The van der Waals surface area contributed by atoms with Gasteiger partial charge in [-0.2, -0.15) is 0 Å². The van der Waals surface area contributed by atoms with Crippen molar-refractivity contribution in [1.29, 1.82) is 0 Å². The number of nitro groups is 1. The summed E-state index contributed by atoms with van der Waals surface area (Å²) in [4.78, 5) is 26.9. The molecule has 2 rings (SSSR count). The monoisotopic (exact) mass is 325 g/mol. The van der Waals surface area contributed by atoms with Crippen LogP contribution in [0.15, 0.2) is 23.7 Å². The van der Waals surface area contributed by atoms with Gasteiger partial charge in [-0.3, -0.25) is 14.9 Å². The molecular weight excluding hydrogens is 314 g/mol. The molecule has 110 valence electrons. The van der Waals surface area contributed by atoms with E-state index in [-0.39, 0.29) is 16.4 Å². The molecule has 21 heavy (non-hydrogen) atoms. The van der Waals surface area contributed by atoms with E-state index in [9.17, 15) is 14.9 Å². The van der Waals surface area contributed by atoms with Gasteiger partial charge in [-0.1, -0.05) is 18.5 Å². The number of aromatic nitrogens is 1. The largest absolute Gasteiger partial charge is 0.347 e. The third-order valence-corrected chi connectivity index (χ3v) is 4.17. The Labute approximate surface area is 129 Å². The van der Waals surface area contributed by atoms with Crippen LogP contribution in [0.4, 0.5) is 5.69 Å². The molecule has 0 saturated carbocycles. The fourth-order valence-electron chi connectivity index (χ4n) is 1.79. The predicted octanol–water partition coefficient (Wildman–Crippen LogP) is 3.20. The molecule has 0 fully saturated rings. The van der Waals surface area contributed by atoms with E-state index in [4.69, 9.17) is 11.6 Å². The molecule has 0 radical (unpaired) electrons. The van der Waals surface area contributed by atoms with E-state index in [1.54, 1.807) is 11.3 Å². The van der Waals surface area contributed by atoms with Crippen LogP contribution in [0.5, 0.6) is 0 Å². The van der Waals surface area contributed by atoms with Gasteiger partial charge >= 0.3 is 0 Å². The fraction of sp³-hybridized carbons (Fsp3) is 0.231. The topological polar surface area (TPSA) is 85.1 Å². The minimum Gasteiger partial charge on any atom is -0.347 e. The van der Waals surface area contributed by atoms with Gasteiger partial charge in [0, 0.05) is 10.9 Å². The number of thiophene rings is 1. The van der Waals surface area contributed by atoms with Gasteiger partial charge < -0.3 is 5.32 Å². The molecule has 0 spiro atoms. The summed E-state index contributed by atoms with van der Waals surface area (Å²) in [5.74, 6) is -0.480. The molecule has 0 aliphatic heterocycles. The summed E-state index contributed by atoms with van der Waals surface area (Å²) in [5.41, 5.74) is 0.902. The van der Waals surface area contributed by atoms with Crippen molar-refractivity contribution in [2.75, 3.05) is 0 Å². The molecule has 0 aliphatic carbocycles. The number of aryl methyl sites for hydroxylation is 1. The van der Waals surface area contributed by atoms with Gasteiger partial charge in [0.2, 0.25) is 0 Å². The second-order valence-corrected chi connectivity index (χ2v) is 5.55. The summed E-state index contributed by atoms with van der Waals surface area (Å²) >= 11 is 7.38. The highest BCUT2D eigenvalue weighted by Gasteiger charge is 2.17. The minimum absolute atomic E-state index is 0.000436. The highest BCUT2D eigenvalue weighted by molar-refractivity contribution is 7.10. The van der Waals surface area contributed by atoms with E-state index in [1.165, 1.54) is 5.56 Å². The van der Waals surface area contributed by atoms with Crippen LogP contribution >= 0.6 is 22.9 Å². The van der Waals surface area contributed by atoms with Crippen molar-refractivity contribution in [3.63, 3.8) is 0 Å². The summed E-state index contributed by atoms with van der Waals surface area (Å²) in [7, 11) is 0. The van der Waals surface area contributed by atoms with Gasteiger partial charge in [-0.25, -0.2) is 4.98 Å². The van der Waals surface area contributed by atoms with Crippen molar-refractivity contribution in [2.45, 2.75) is 19.9 Å². The lowest BCUT2D eigenvalue weighted by Gasteiger charge is -2.06. The lowest BCUT2D eigenvalue weighted by molar-refractivity contribution is -0.385. The van der Waals surface area contributed by atoms with E-state index in [1.807, 2.05) is 18.4 Å². The summed E-state index contributed by atoms with van der Waals surface area (Å²) in [6.07, 6.45) is 1.90. The first-order chi connectivity index (χ1) is 10.0. The highest BCUT2D eigenvalue weighted by atomic mass is 35.5. The van der Waals surface area contributed by atoms with Crippen molar-refractivity contribution >= 4 is 34.5 Å². The Hall–Kier alpha value is -1.99. The molecule has 0 aromatic carbocycles. The molecule has 0 unspecified atom stereocenters. The first kappa shape index (κ1) is 15.4. The molecule has 0 bridgehead atoms. The zero-order valence-corrected chi connectivity index (χ0v) is 12.7. The van der Waals surface area contributed by atoms with E-state index in [0.717, 1.165) is 23.6 Å². The van der Waals surface area contributed by atoms with Gasteiger partial charge in [0.05, 0.1) is 17.0 Å². The van der Waals surface area contributed by atoms with Crippen LogP contribution in [-0.4, -0.2) is 15.8 Å². The van der Waals surface area contributed by atoms with Gasteiger partial charge in [-0.05, 0) is 23.4 Å². The molecule has 2 aromatic rings. The Bertz CT molecular complexity index is 687. The smallest absolute Gasteiger partial charge is 0.288 e. The normalized spacial score (nSPS) is 10.4. The SMILES string of the molecule is CCc1ccsc1CNC(=O)c1cc([N+](=O)[O-])cnc1Cl. The first-order valence-electron chi connectivity index (χ1n) is 6.16. The number of hydrogen-bond acceptors (Lipinski definition) is 5. The van der Waals surface area contributed by atoms with Crippen molar-refractivity contribution in [2.24, 2.45) is 0 Å². The molecule has 1 N–H and O–H groups in total. The van der Waals surface area contributed by atoms with Crippen LogP contribution in [0.2, 0.25) is 5.15 Å².